The van der Waals surface area contributed by atoms with Crippen LogP contribution in [0.5, 0.6) is 5.75 Å². The average molecular weight is 517 g/mol. The van der Waals surface area contributed by atoms with Gasteiger partial charge in [0.1, 0.15) is 5.75 Å². The van der Waals surface area contributed by atoms with Crippen LogP contribution in [0.1, 0.15) is 68.6 Å². The molecular weight excluding hydrogens is 480 g/mol. The fourth-order valence-electron chi connectivity index (χ4n) is 5.82. The molecule has 200 valence electrons. The quantitative estimate of drug-likeness (QED) is 0.394. The number of hydrogen-bond donors (Lipinski definition) is 2. The molecule has 38 heavy (non-hydrogen) atoms. The molecule has 0 saturated carbocycles. The van der Waals surface area contributed by atoms with Crippen LogP contribution in [0.3, 0.4) is 0 Å². The molecule has 0 aliphatic carbocycles. The Hall–Kier alpha value is -3.81. The summed E-state index contributed by atoms with van der Waals surface area (Å²) in [5, 5.41) is 4.05. The zero-order valence-corrected chi connectivity index (χ0v) is 22.8. The predicted octanol–water partition coefficient (Wildman–Crippen LogP) is 5.36. The van der Waals surface area contributed by atoms with Crippen molar-refractivity contribution in [2.45, 2.75) is 65.0 Å². The van der Waals surface area contributed by atoms with Crippen LogP contribution in [-0.2, 0) is 16.8 Å². The fourth-order valence-corrected chi connectivity index (χ4v) is 5.82. The number of H-pyrrole nitrogens is 1. The fraction of sp³-hybridized carbons (Fsp3) is 0.433. The van der Waals surface area contributed by atoms with Gasteiger partial charge in [-0.25, -0.2) is 9.69 Å². The maximum Gasteiger partial charge on any atom is 0.332 e. The van der Waals surface area contributed by atoms with E-state index in [1.54, 1.807) is 43.2 Å². The van der Waals surface area contributed by atoms with Crippen LogP contribution >= 0.6 is 0 Å². The molecule has 0 radical (unpaired) electrons. The lowest BCUT2D eigenvalue weighted by molar-refractivity contribution is -0.125. The first kappa shape index (κ1) is 25.8. The maximum absolute atomic E-state index is 14.1. The van der Waals surface area contributed by atoms with E-state index in [9.17, 15) is 14.4 Å². The molecule has 2 aromatic carbocycles. The molecule has 1 saturated heterocycles. The van der Waals surface area contributed by atoms with E-state index in [-0.39, 0.29) is 17.9 Å². The number of para-hydroxylation sites is 1. The van der Waals surface area contributed by atoms with Gasteiger partial charge in [-0.2, -0.15) is 0 Å². The number of nitrogens with one attached hydrogen (secondary N) is 2. The number of ether oxygens (including phenoxy) is 1. The summed E-state index contributed by atoms with van der Waals surface area (Å²) in [5.41, 5.74) is 2.04. The number of methoxy groups -OCH3 is 1. The molecule has 8 heteroatoms. The monoisotopic (exact) mass is 516 g/mol. The molecule has 2 N–H and O–H groups in total. The van der Waals surface area contributed by atoms with E-state index in [4.69, 9.17) is 4.74 Å². The number of imide groups is 1. The van der Waals surface area contributed by atoms with Crippen molar-refractivity contribution in [1.82, 2.24) is 15.2 Å². The summed E-state index contributed by atoms with van der Waals surface area (Å²) < 4.78 is 5.41. The first-order chi connectivity index (χ1) is 18.2. The lowest BCUT2D eigenvalue weighted by Crippen LogP contribution is -2.49. The Labute approximate surface area is 223 Å². The summed E-state index contributed by atoms with van der Waals surface area (Å²) in [7, 11) is 1.63. The number of fused-ring (bicyclic) bond motifs is 5. The highest BCUT2D eigenvalue weighted by Crippen LogP contribution is 2.46. The van der Waals surface area contributed by atoms with Gasteiger partial charge >= 0.3 is 6.03 Å². The SMILES string of the molecule is COc1ccc2[nH]c3c(c2c1)CCN1C(=O)N(c2ccccc2C(=O)N[C@H](C)CCCC(C)C)C(=O)[C@]31C. The van der Waals surface area contributed by atoms with Gasteiger partial charge in [-0.1, -0.05) is 38.8 Å². The molecule has 3 heterocycles. The summed E-state index contributed by atoms with van der Waals surface area (Å²) in [6, 6.07) is 12.2. The van der Waals surface area contributed by atoms with Gasteiger partial charge in [0.2, 0.25) is 0 Å². The van der Waals surface area contributed by atoms with E-state index in [1.165, 1.54) is 4.90 Å². The van der Waals surface area contributed by atoms with Crippen molar-refractivity contribution in [2.24, 2.45) is 5.92 Å². The van der Waals surface area contributed by atoms with Gasteiger partial charge in [0.05, 0.1) is 24.1 Å². The minimum Gasteiger partial charge on any atom is -0.497 e. The lowest BCUT2D eigenvalue weighted by Gasteiger charge is -2.35. The van der Waals surface area contributed by atoms with E-state index in [1.807, 2.05) is 25.1 Å². The van der Waals surface area contributed by atoms with E-state index in [0.29, 0.717) is 35.8 Å². The van der Waals surface area contributed by atoms with Crippen LogP contribution in [0, 0.1) is 5.92 Å². The number of carbonyl (C=O) groups is 3. The molecule has 0 unspecified atom stereocenters. The highest BCUT2D eigenvalue weighted by atomic mass is 16.5. The van der Waals surface area contributed by atoms with E-state index >= 15 is 0 Å². The van der Waals surface area contributed by atoms with Crippen molar-refractivity contribution in [3.63, 3.8) is 0 Å². The number of anilines is 1. The molecule has 0 bridgehead atoms. The number of benzene rings is 2. The topological polar surface area (TPSA) is 94.7 Å². The van der Waals surface area contributed by atoms with Crippen LogP contribution in [-0.4, -0.2) is 47.4 Å². The second-order valence-electron chi connectivity index (χ2n) is 11.0. The van der Waals surface area contributed by atoms with E-state index in [0.717, 1.165) is 41.5 Å². The minimum atomic E-state index is -1.20. The molecule has 2 atom stereocenters. The second-order valence-corrected chi connectivity index (χ2v) is 11.0. The first-order valence-corrected chi connectivity index (χ1v) is 13.4. The van der Waals surface area contributed by atoms with Crippen LogP contribution in [0.2, 0.25) is 0 Å². The Morgan fingerprint density at radius 3 is 2.63 bits per heavy atom. The molecule has 5 rings (SSSR count). The van der Waals surface area contributed by atoms with Crippen molar-refractivity contribution in [1.29, 1.82) is 0 Å². The van der Waals surface area contributed by atoms with Crippen molar-refractivity contribution in [3.8, 4) is 5.75 Å². The second kappa shape index (κ2) is 9.82. The van der Waals surface area contributed by atoms with E-state index < -0.39 is 11.6 Å². The largest absolute Gasteiger partial charge is 0.497 e. The summed E-state index contributed by atoms with van der Waals surface area (Å²) >= 11 is 0. The smallest absolute Gasteiger partial charge is 0.332 e. The van der Waals surface area contributed by atoms with Crippen molar-refractivity contribution >= 4 is 34.4 Å². The number of carbonyl (C=O) groups excluding carboxylic acids is 3. The van der Waals surface area contributed by atoms with Gasteiger partial charge in [-0.3, -0.25) is 9.59 Å². The normalized spacial score (nSPS) is 19.6. The van der Waals surface area contributed by atoms with Gasteiger partial charge in [0, 0.05) is 23.5 Å². The van der Waals surface area contributed by atoms with Crippen molar-refractivity contribution in [2.75, 3.05) is 18.6 Å². The van der Waals surface area contributed by atoms with Crippen molar-refractivity contribution in [3.05, 3.63) is 59.3 Å². The van der Waals surface area contributed by atoms with Crippen LogP contribution < -0.4 is 15.0 Å². The van der Waals surface area contributed by atoms with Crippen LogP contribution in [0.25, 0.3) is 10.9 Å². The molecular formula is C30H36N4O4. The maximum atomic E-state index is 14.1. The van der Waals surface area contributed by atoms with Crippen molar-refractivity contribution < 1.29 is 19.1 Å². The van der Waals surface area contributed by atoms with Crippen LogP contribution in [0.4, 0.5) is 10.5 Å². The zero-order chi connectivity index (χ0) is 27.2. The Kier molecular flexibility index (Phi) is 6.67. The number of urea groups is 1. The Morgan fingerprint density at radius 1 is 1.13 bits per heavy atom. The third kappa shape index (κ3) is 4.12. The summed E-state index contributed by atoms with van der Waals surface area (Å²) in [6.07, 6.45) is 3.61. The molecule has 2 aliphatic rings. The van der Waals surface area contributed by atoms with Gasteiger partial charge in [-0.15, -0.1) is 0 Å². The molecule has 8 nitrogen and oxygen atoms in total. The zero-order valence-electron chi connectivity index (χ0n) is 22.8. The van der Waals surface area contributed by atoms with Crippen LogP contribution in [0.15, 0.2) is 42.5 Å². The molecule has 2 aliphatic heterocycles. The Balaban J connectivity index is 1.47. The average Bonchev–Trinajstić information content (AvgIpc) is 3.36. The summed E-state index contributed by atoms with van der Waals surface area (Å²) in [5.74, 6) is 0.699. The van der Waals surface area contributed by atoms with Gasteiger partial charge < -0.3 is 19.9 Å². The number of hydrogen-bond acceptors (Lipinski definition) is 4. The number of aromatic nitrogens is 1. The number of nitrogens with zero attached hydrogens (tertiary/aromatic N) is 2. The van der Waals surface area contributed by atoms with Gasteiger partial charge in [0.25, 0.3) is 11.8 Å². The summed E-state index contributed by atoms with van der Waals surface area (Å²) in [6.45, 7) is 8.55. The Morgan fingerprint density at radius 2 is 1.89 bits per heavy atom. The molecule has 0 spiro atoms. The predicted molar refractivity (Wildman–Crippen MR) is 148 cm³/mol. The highest BCUT2D eigenvalue weighted by molar-refractivity contribution is 6.25. The van der Waals surface area contributed by atoms with Gasteiger partial charge in [-0.05, 0) is 68.5 Å². The molecule has 4 amide bonds. The number of aromatic amines is 1. The Bertz CT molecular complexity index is 1410. The third-order valence-electron chi connectivity index (χ3n) is 7.95. The number of rotatable bonds is 8. The molecule has 1 fully saturated rings. The number of amides is 4. The molecule has 1 aromatic heterocycles. The van der Waals surface area contributed by atoms with E-state index in [2.05, 4.69) is 24.1 Å². The summed E-state index contributed by atoms with van der Waals surface area (Å²) in [4.78, 5) is 47.4. The standard InChI is InChI=1S/C30H36N4O4/c1-18(2)9-8-10-19(3)31-27(35)22-11-6-7-12-25(22)34-28(36)30(4)26-21(15-16-33(30)29(34)37)23-17-20(38-5)13-14-24(23)32-26/h6-7,11-14,17-19,32H,8-10,15-16H2,1-5H3,(H,31,35)/t19-,30+/m1/s1. The van der Waals surface area contributed by atoms with Gasteiger partial charge in [0.15, 0.2) is 5.54 Å². The first-order valence-electron chi connectivity index (χ1n) is 13.4. The highest BCUT2D eigenvalue weighted by Gasteiger charge is 2.59. The minimum absolute atomic E-state index is 0.0194. The third-order valence-corrected chi connectivity index (χ3v) is 7.95. The molecule has 3 aromatic rings. The lowest BCUT2D eigenvalue weighted by atomic mass is 9.87.